The van der Waals surface area contributed by atoms with Crippen molar-refractivity contribution < 1.29 is 18.7 Å². The zero-order valence-corrected chi connectivity index (χ0v) is 17.1. The number of amides is 2. The smallest absolute Gasteiger partial charge is 0.228 e. The molecule has 1 aromatic carbocycles. The van der Waals surface area contributed by atoms with Gasteiger partial charge in [-0.3, -0.25) is 9.59 Å². The second-order valence-electron chi connectivity index (χ2n) is 8.46. The van der Waals surface area contributed by atoms with Crippen molar-refractivity contribution in [3.05, 3.63) is 36.0 Å². The van der Waals surface area contributed by atoms with Crippen LogP contribution >= 0.6 is 0 Å². The van der Waals surface area contributed by atoms with Crippen LogP contribution in [-0.2, 0) is 9.59 Å². The van der Waals surface area contributed by atoms with Crippen LogP contribution in [0.5, 0.6) is 5.75 Å². The summed E-state index contributed by atoms with van der Waals surface area (Å²) in [7, 11) is 1.61. The van der Waals surface area contributed by atoms with Crippen molar-refractivity contribution in [1.29, 1.82) is 0 Å². The molecular weight excluding hydrogens is 384 g/mol. The van der Waals surface area contributed by atoms with Crippen LogP contribution in [0.4, 0.5) is 5.69 Å². The average molecular weight is 410 g/mol. The summed E-state index contributed by atoms with van der Waals surface area (Å²) in [6.45, 7) is 1.76. The molecule has 8 nitrogen and oxygen atoms in total. The number of aromatic nitrogens is 2. The van der Waals surface area contributed by atoms with Crippen molar-refractivity contribution in [2.75, 3.05) is 31.6 Å². The van der Waals surface area contributed by atoms with Crippen LogP contribution in [0.1, 0.15) is 55.7 Å². The van der Waals surface area contributed by atoms with Crippen LogP contribution in [0.2, 0.25) is 0 Å². The first-order valence-corrected chi connectivity index (χ1v) is 10.7. The highest BCUT2D eigenvalue weighted by molar-refractivity contribution is 6.00. The summed E-state index contributed by atoms with van der Waals surface area (Å²) in [5.41, 5.74) is 0.803. The molecule has 2 amide bonds. The highest BCUT2D eigenvalue weighted by atomic mass is 16.5. The van der Waals surface area contributed by atoms with E-state index in [1.807, 2.05) is 29.2 Å². The SMILES string of the molecule is COc1ccc(N2CC(C(=O)N3CCC(c4nnc(C5CC5)o4)CC3)CC2=O)cc1. The number of rotatable bonds is 5. The normalized spacial score (nSPS) is 22.6. The first-order valence-electron chi connectivity index (χ1n) is 10.7. The molecule has 1 aliphatic carbocycles. The number of anilines is 1. The molecule has 0 bridgehead atoms. The van der Waals surface area contributed by atoms with Crippen LogP contribution in [0, 0.1) is 5.92 Å². The molecule has 5 rings (SSSR count). The lowest BCUT2D eigenvalue weighted by atomic mass is 9.95. The van der Waals surface area contributed by atoms with Crippen molar-refractivity contribution in [3.63, 3.8) is 0 Å². The summed E-state index contributed by atoms with van der Waals surface area (Å²) >= 11 is 0. The lowest BCUT2D eigenvalue weighted by Crippen LogP contribution is -2.42. The highest BCUT2D eigenvalue weighted by Gasteiger charge is 2.39. The van der Waals surface area contributed by atoms with Gasteiger partial charge in [-0.15, -0.1) is 10.2 Å². The van der Waals surface area contributed by atoms with Gasteiger partial charge in [0.2, 0.25) is 23.6 Å². The van der Waals surface area contributed by atoms with E-state index in [0.29, 0.717) is 31.4 Å². The van der Waals surface area contributed by atoms with E-state index in [4.69, 9.17) is 9.15 Å². The molecule has 2 aromatic rings. The number of carbonyl (C=O) groups is 2. The predicted molar refractivity (Wildman–Crippen MR) is 108 cm³/mol. The van der Waals surface area contributed by atoms with Gasteiger partial charge in [0.25, 0.3) is 0 Å². The van der Waals surface area contributed by atoms with Crippen LogP contribution < -0.4 is 9.64 Å². The number of piperidine rings is 1. The Labute approximate surface area is 175 Å². The van der Waals surface area contributed by atoms with Crippen LogP contribution in [0.3, 0.4) is 0 Å². The van der Waals surface area contributed by atoms with Gasteiger partial charge in [-0.1, -0.05) is 0 Å². The van der Waals surface area contributed by atoms with Gasteiger partial charge in [-0.2, -0.15) is 0 Å². The quantitative estimate of drug-likeness (QED) is 0.753. The molecule has 0 spiro atoms. The second kappa shape index (κ2) is 7.74. The fourth-order valence-corrected chi connectivity index (χ4v) is 4.40. The van der Waals surface area contributed by atoms with E-state index >= 15 is 0 Å². The molecule has 2 saturated heterocycles. The maximum absolute atomic E-state index is 13.0. The summed E-state index contributed by atoms with van der Waals surface area (Å²) in [5.74, 6) is 2.68. The van der Waals surface area contributed by atoms with E-state index in [2.05, 4.69) is 10.2 Å². The van der Waals surface area contributed by atoms with Gasteiger partial charge >= 0.3 is 0 Å². The standard InChI is InChI=1S/C22H26N4O4/c1-29-18-6-4-17(5-7-18)26-13-16(12-19(26)27)22(28)25-10-8-15(9-11-25)21-24-23-20(30-21)14-2-3-14/h4-7,14-16H,2-3,8-13H2,1H3. The van der Waals surface area contributed by atoms with Crippen molar-refractivity contribution in [3.8, 4) is 5.75 Å². The van der Waals surface area contributed by atoms with E-state index < -0.39 is 0 Å². The Morgan fingerprint density at radius 2 is 1.67 bits per heavy atom. The van der Waals surface area contributed by atoms with Crippen molar-refractivity contribution >= 4 is 17.5 Å². The lowest BCUT2D eigenvalue weighted by Gasteiger charge is -2.32. The monoisotopic (exact) mass is 410 g/mol. The van der Waals surface area contributed by atoms with Crippen LogP contribution in [0.25, 0.3) is 0 Å². The Morgan fingerprint density at radius 3 is 2.27 bits per heavy atom. The first-order chi connectivity index (χ1) is 14.6. The fourth-order valence-electron chi connectivity index (χ4n) is 4.40. The fraction of sp³-hybridized carbons (Fsp3) is 0.545. The lowest BCUT2D eigenvalue weighted by molar-refractivity contribution is -0.136. The first kappa shape index (κ1) is 19.1. The summed E-state index contributed by atoms with van der Waals surface area (Å²) in [6.07, 6.45) is 4.19. The molecule has 1 atom stereocenters. The third-order valence-electron chi connectivity index (χ3n) is 6.40. The van der Waals surface area contributed by atoms with Gasteiger partial charge in [-0.05, 0) is 49.9 Å². The summed E-state index contributed by atoms with van der Waals surface area (Å²) in [5, 5.41) is 8.41. The van der Waals surface area contributed by atoms with Gasteiger partial charge < -0.3 is 19.0 Å². The molecule has 8 heteroatoms. The van der Waals surface area contributed by atoms with Gasteiger partial charge in [-0.25, -0.2) is 0 Å². The minimum absolute atomic E-state index is 0.00753. The molecule has 30 heavy (non-hydrogen) atoms. The second-order valence-corrected chi connectivity index (χ2v) is 8.46. The largest absolute Gasteiger partial charge is 0.497 e. The number of ether oxygens (including phenoxy) is 1. The molecule has 0 N–H and O–H groups in total. The van der Waals surface area contributed by atoms with Gasteiger partial charge in [0, 0.05) is 43.6 Å². The van der Waals surface area contributed by atoms with E-state index in [9.17, 15) is 9.59 Å². The van der Waals surface area contributed by atoms with Crippen LogP contribution in [0.15, 0.2) is 28.7 Å². The minimum atomic E-state index is -0.291. The molecule has 1 saturated carbocycles. The zero-order valence-electron chi connectivity index (χ0n) is 17.1. The summed E-state index contributed by atoms with van der Waals surface area (Å²) in [6, 6.07) is 7.37. The van der Waals surface area contributed by atoms with Gasteiger partial charge in [0.05, 0.1) is 13.0 Å². The Balaban J connectivity index is 1.17. The van der Waals surface area contributed by atoms with Crippen molar-refractivity contribution in [2.45, 2.75) is 43.9 Å². The number of carbonyl (C=O) groups excluding carboxylic acids is 2. The molecule has 3 aliphatic rings. The average Bonchev–Trinajstić information content (AvgIpc) is 3.39. The molecular formula is C22H26N4O4. The van der Waals surface area contributed by atoms with Crippen LogP contribution in [-0.4, -0.2) is 53.7 Å². The third-order valence-corrected chi connectivity index (χ3v) is 6.40. The molecule has 3 heterocycles. The number of nitrogens with zero attached hydrogens (tertiary/aromatic N) is 4. The Hall–Kier alpha value is -2.90. The number of benzene rings is 1. The van der Waals surface area contributed by atoms with E-state index in [1.165, 1.54) is 0 Å². The molecule has 158 valence electrons. The highest BCUT2D eigenvalue weighted by Crippen LogP contribution is 2.40. The Bertz CT molecular complexity index is 929. The topological polar surface area (TPSA) is 88.8 Å². The van der Waals surface area contributed by atoms with Crippen molar-refractivity contribution in [2.24, 2.45) is 5.92 Å². The van der Waals surface area contributed by atoms with Gasteiger partial charge in [0.15, 0.2) is 0 Å². The molecule has 2 aliphatic heterocycles. The molecule has 1 aromatic heterocycles. The third kappa shape index (κ3) is 3.66. The molecule has 0 radical (unpaired) electrons. The number of hydrogen-bond donors (Lipinski definition) is 0. The van der Waals surface area contributed by atoms with E-state index in [1.54, 1.807) is 12.0 Å². The Morgan fingerprint density at radius 1 is 1.03 bits per heavy atom. The van der Waals surface area contributed by atoms with Gasteiger partial charge in [0.1, 0.15) is 5.75 Å². The predicted octanol–water partition coefficient (Wildman–Crippen LogP) is 2.71. The maximum atomic E-state index is 13.0. The maximum Gasteiger partial charge on any atom is 0.228 e. The van der Waals surface area contributed by atoms with E-state index in [0.717, 1.165) is 43.0 Å². The molecule has 1 unspecified atom stereocenters. The minimum Gasteiger partial charge on any atom is -0.497 e. The summed E-state index contributed by atoms with van der Waals surface area (Å²) in [4.78, 5) is 29.2. The number of likely N-dealkylation sites (tertiary alicyclic amines) is 1. The number of methoxy groups -OCH3 is 1. The molecule has 3 fully saturated rings. The number of hydrogen-bond acceptors (Lipinski definition) is 6. The van der Waals surface area contributed by atoms with Crippen molar-refractivity contribution in [1.82, 2.24) is 15.1 Å². The summed E-state index contributed by atoms with van der Waals surface area (Å²) < 4.78 is 11.0. The zero-order chi connectivity index (χ0) is 20.7. The Kier molecular flexibility index (Phi) is 4.92. The van der Waals surface area contributed by atoms with E-state index in [-0.39, 0.29) is 30.1 Å².